The standard InChI is InChI=1S/C19H18F3N3O/c1-4-25(3)12-24-16-10-15(19(20,21)22)18(9-13(16)2)26-17-8-6-5-7-14(17)11-23/h5-10,12H,4H2,1-3H3/b24-12-. The van der Waals surface area contributed by atoms with Crippen LogP contribution in [0.1, 0.15) is 23.6 Å². The summed E-state index contributed by atoms with van der Waals surface area (Å²) in [6, 6.07) is 10.3. The zero-order chi connectivity index (χ0) is 19.3. The molecule has 0 saturated carbocycles. The van der Waals surface area contributed by atoms with Gasteiger partial charge in [0.2, 0.25) is 0 Å². The Morgan fingerprint density at radius 1 is 1.23 bits per heavy atom. The summed E-state index contributed by atoms with van der Waals surface area (Å²) >= 11 is 0. The van der Waals surface area contributed by atoms with Crippen LogP contribution in [-0.2, 0) is 6.18 Å². The minimum absolute atomic E-state index is 0.0712. The van der Waals surface area contributed by atoms with E-state index in [1.165, 1.54) is 24.5 Å². The smallest absolute Gasteiger partial charge is 0.420 e. The molecule has 0 radical (unpaired) electrons. The largest absolute Gasteiger partial charge is 0.455 e. The molecule has 0 amide bonds. The number of alkyl halides is 3. The molecule has 7 heteroatoms. The Labute approximate surface area is 150 Å². The number of aliphatic imine (C=N–C) groups is 1. The molecule has 26 heavy (non-hydrogen) atoms. The van der Waals surface area contributed by atoms with Gasteiger partial charge in [-0.3, -0.25) is 0 Å². The van der Waals surface area contributed by atoms with Gasteiger partial charge in [-0.25, -0.2) is 4.99 Å². The van der Waals surface area contributed by atoms with Crippen molar-refractivity contribution in [3.63, 3.8) is 0 Å². The molecule has 0 heterocycles. The van der Waals surface area contributed by atoms with Crippen molar-refractivity contribution in [2.45, 2.75) is 20.0 Å². The molecule has 0 saturated heterocycles. The molecule has 0 aliphatic rings. The van der Waals surface area contributed by atoms with Crippen LogP contribution < -0.4 is 4.74 Å². The predicted molar refractivity (Wildman–Crippen MR) is 93.9 cm³/mol. The Morgan fingerprint density at radius 3 is 2.54 bits per heavy atom. The monoisotopic (exact) mass is 361 g/mol. The maximum absolute atomic E-state index is 13.5. The first-order chi connectivity index (χ1) is 12.3. The second-order valence-corrected chi connectivity index (χ2v) is 5.66. The Hall–Kier alpha value is -3.01. The molecule has 0 unspecified atom stereocenters. The molecular formula is C19H18F3N3O. The lowest BCUT2D eigenvalue weighted by Crippen LogP contribution is -2.14. The van der Waals surface area contributed by atoms with Gasteiger partial charge >= 0.3 is 6.18 Å². The van der Waals surface area contributed by atoms with Crippen LogP contribution in [0.2, 0.25) is 0 Å². The first kappa shape index (κ1) is 19.3. The van der Waals surface area contributed by atoms with Crippen LogP contribution >= 0.6 is 0 Å². The van der Waals surface area contributed by atoms with Gasteiger partial charge in [-0.15, -0.1) is 0 Å². The third-order valence-electron chi connectivity index (χ3n) is 3.72. The van der Waals surface area contributed by atoms with E-state index in [0.717, 1.165) is 6.07 Å². The van der Waals surface area contributed by atoms with Crippen LogP contribution in [0, 0.1) is 18.3 Å². The maximum Gasteiger partial charge on any atom is 0.420 e. The van der Waals surface area contributed by atoms with E-state index in [0.29, 0.717) is 12.1 Å². The highest BCUT2D eigenvalue weighted by molar-refractivity contribution is 5.65. The number of halogens is 3. The fraction of sp³-hybridized carbons (Fsp3) is 0.263. The van der Waals surface area contributed by atoms with Crippen molar-refractivity contribution in [1.29, 1.82) is 5.26 Å². The average Bonchev–Trinajstić information content (AvgIpc) is 2.60. The number of benzene rings is 2. The van der Waals surface area contributed by atoms with Gasteiger partial charge in [0.05, 0.1) is 17.6 Å². The van der Waals surface area contributed by atoms with Gasteiger partial charge in [0, 0.05) is 13.6 Å². The van der Waals surface area contributed by atoms with E-state index in [9.17, 15) is 13.2 Å². The summed E-state index contributed by atoms with van der Waals surface area (Å²) < 4.78 is 45.9. The minimum atomic E-state index is -4.62. The van der Waals surface area contributed by atoms with E-state index >= 15 is 0 Å². The van der Waals surface area contributed by atoms with E-state index in [4.69, 9.17) is 10.00 Å². The molecule has 0 fully saturated rings. The van der Waals surface area contributed by atoms with Crippen molar-refractivity contribution in [3.8, 4) is 17.6 Å². The van der Waals surface area contributed by atoms with Crippen LogP contribution in [0.15, 0.2) is 41.4 Å². The summed E-state index contributed by atoms with van der Waals surface area (Å²) in [5, 5.41) is 9.09. The topological polar surface area (TPSA) is 48.6 Å². The Kier molecular flexibility index (Phi) is 5.88. The summed E-state index contributed by atoms with van der Waals surface area (Å²) in [4.78, 5) is 5.88. The van der Waals surface area contributed by atoms with Crippen molar-refractivity contribution in [1.82, 2.24) is 4.90 Å². The SMILES string of the molecule is CCN(C)/C=N\c1cc(C(F)(F)F)c(Oc2ccccc2C#N)cc1C. The summed E-state index contributed by atoms with van der Waals surface area (Å²) in [7, 11) is 1.78. The molecule has 0 bridgehead atoms. The molecule has 4 nitrogen and oxygen atoms in total. The van der Waals surface area contributed by atoms with E-state index in [-0.39, 0.29) is 22.7 Å². The lowest BCUT2D eigenvalue weighted by Gasteiger charge is -2.17. The molecule has 0 atom stereocenters. The van der Waals surface area contributed by atoms with E-state index in [1.54, 1.807) is 31.0 Å². The number of nitrogens with zero attached hydrogens (tertiary/aromatic N) is 3. The van der Waals surface area contributed by atoms with Gasteiger partial charge in [-0.1, -0.05) is 12.1 Å². The lowest BCUT2D eigenvalue weighted by atomic mass is 10.1. The highest BCUT2D eigenvalue weighted by atomic mass is 19.4. The number of hydrogen-bond donors (Lipinski definition) is 0. The second kappa shape index (κ2) is 7.91. The van der Waals surface area contributed by atoms with E-state index in [1.807, 2.05) is 13.0 Å². The summed E-state index contributed by atoms with van der Waals surface area (Å²) in [6.45, 7) is 4.24. The van der Waals surface area contributed by atoms with Gasteiger partial charge in [0.1, 0.15) is 23.1 Å². The van der Waals surface area contributed by atoms with Crippen molar-refractivity contribution >= 4 is 12.0 Å². The second-order valence-electron chi connectivity index (χ2n) is 5.66. The third-order valence-corrected chi connectivity index (χ3v) is 3.72. The van der Waals surface area contributed by atoms with Crippen molar-refractivity contribution in [3.05, 3.63) is 53.1 Å². The molecule has 0 aromatic heterocycles. The van der Waals surface area contributed by atoms with Gasteiger partial charge in [-0.05, 0) is 43.7 Å². The fourth-order valence-electron chi connectivity index (χ4n) is 2.12. The highest BCUT2D eigenvalue weighted by Gasteiger charge is 2.35. The van der Waals surface area contributed by atoms with Gasteiger partial charge < -0.3 is 9.64 Å². The third kappa shape index (κ3) is 4.54. The molecule has 2 rings (SSSR count). The van der Waals surface area contributed by atoms with Gasteiger partial charge in [-0.2, -0.15) is 18.4 Å². The molecule has 2 aromatic rings. The van der Waals surface area contributed by atoms with Crippen LogP contribution in [0.5, 0.6) is 11.5 Å². The Bertz CT molecular complexity index is 854. The first-order valence-electron chi connectivity index (χ1n) is 7.89. The van der Waals surface area contributed by atoms with Crippen molar-refractivity contribution in [2.24, 2.45) is 4.99 Å². The minimum Gasteiger partial charge on any atom is -0.455 e. The number of rotatable bonds is 5. The number of aryl methyl sites for hydroxylation is 1. The number of hydrogen-bond acceptors (Lipinski definition) is 3. The number of nitriles is 1. The van der Waals surface area contributed by atoms with Crippen LogP contribution in [0.25, 0.3) is 0 Å². The van der Waals surface area contributed by atoms with E-state index < -0.39 is 11.7 Å². The molecule has 0 spiro atoms. The van der Waals surface area contributed by atoms with Crippen LogP contribution in [-0.4, -0.2) is 24.8 Å². The normalized spacial score (nSPS) is 11.4. The maximum atomic E-state index is 13.5. The first-order valence-corrected chi connectivity index (χ1v) is 7.89. The Balaban J connectivity index is 2.51. The summed E-state index contributed by atoms with van der Waals surface area (Å²) in [5.74, 6) is -0.289. The zero-order valence-corrected chi connectivity index (χ0v) is 14.6. The van der Waals surface area contributed by atoms with Crippen molar-refractivity contribution in [2.75, 3.05) is 13.6 Å². The molecule has 136 valence electrons. The summed E-state index contributed by atoms with van der Waals surface area (Å²) in [5.41, 5.74) is -0.0474. The highest BCUT2D eigenvalue weighted by Crippen LogP contribution is 2.42. The fourth-order valence-corrected chi connectivity index (χ4v) is 2.12. The Morgan fingerprint density at radius 2 is 1.92 bits per heavy atom. The predicted octanol–water partition coefficient (Wildman–Crippen LogP) is 5.29. The van der Waals surface area contributed by atoms with Gasteiger partial charge in [0.15, 0.2) is 0 Å². The van der Waals surface area contributed by atoms with Crippen molar-refractivity contribution < 1.29 is 17.9 Å². The molecule has 0 aliphatic heterocycles. The number of para-hydroxylation sites is 1. The zero-order valence-electron chi connectivity index (χ0n) is 14.6. The quantitative estimate of drug-likeness (QED) is 0.537. The van der Waals surface area contributed by atoms with Gasteiger partial charge in [0.25, 0.3) is 0 Å². The molecule has 0 aliphatic carbocycles. The average molecular weight is 361 g/mol. The lowest BCUT2D eigenvalue weighted by molar-refractivity contribution is -0.138. The number of ether oxygens (including phenoxy) is 1. The van der Waals surface area contributed by atoms with Crippen LogP contribution in [0.4, 0.5) is 18.9 Å². The summed E-state index contributed by atoms with van der Waals surface area (Å²) in [6.07, 6.45) is -3.14. The molecule has 0 N–H and O–H groups in total. The van der Waals surface area contributed by atoms with Crippen LogP contribution in [0.3, 0.4) is 0 Å². The molecular weight excluding hydrogens is 343 g/mol. The molecule has 2 aromatic carbocycles. The van der Waals surface area contributed by atoms with E-state index in [2.05, 4.69) is 4.99 Å².